The Kier molecular flexibility index (Phi) is 6.40. The van der Waals surface area contributed by atoms with Crippen molar-refractivity contribution in [1.82, 2.24) is 10.0 Å². The number of benzene rings is 2. The number of aromatic nitrogens is 1. The molecule has 0 fully saturated rings. The van der Waals surface area contributed by atoms with Gasteiger partial charge in [-0.05, 0) is 17.7 Å². The Labute approximate surface area is 177 Å². The highest BCUT2D eigenvalue weighted by molar-refractivity contribution is 7.91. The zero-order chi connectivity index (χ0) is 22.6. The Hall–Kier alpha value is -3.66. The molecule has 0 saturated carbocycles. The quantitative estimate of drug-likeness (QED) is 0.522. The van der Waals surface area contributed by atoms with Gasteiger partial charge in [0.2, 0.25) is 0 Å². The number of aromatic hydroxyl groups is 1. The highest BCUT2D eigenvalue weighted by atomic mass is 32.2. The van der Waals surface area contributed by atoms with Crippen LogP contribution in [0.25, 0.3) is 10.9 Å². The van der Waals surface area contributed by atoms with Crippen LogP contribution in [0, 0.1) is 0 Å². The lowest BCUT2D eigenvalue weighted by atomic mass is 10.1. The first-order valence-corrected chi connectivity index (χ1v) is 11.2. The second-order valence-electron chi connectivity index (χ2n) is 6.89. The summed E-state index contributed by atoms with van der Waals surface area (Å²) in [5.74, 6) is -3.08. The molecule has 0 radical (unpaired) electrons. The van der Waals surface area contributed by atoms with Gasteiger partial charge in [-0.3, -0.25) is 14.4 Å². The van der Waals surface area contributed by atoms with E-state index in [9.17, 15) is 27.9 Å². The molecular weight excluding hydrogens is 424 g/mol. The summed E-state index contributed by atoms with van der Waals surface area (Å²) < 4.78 is 23.3. The second-order valence-corrected chi connectivity index (χ2v) is 9.03. The predicted molar refractivity (Wildman–Crippen MR) is 114 cm³/mol. The van der Waals surface area contributed by atoms with E-state index in [1.807, 2.05) is 18.2 Å². The van der Waals surface area contributed by atoms with Crippen LogP contribution in [-0.4, -0.2) is 48.5 Å². The van der Waals surface area contributed by atoms with Crippen LogP contribution >= 0.6 is 0 Å². The maximum absolute atomic E-state index is 13.0. The fourth-order valence-corrected chi connectivity index (χ4v) is 3.64. The summed E-state index contributed by atoms with van der Waals surface area (Å²) >= 11 is 0. The SMILES string of the molecule is CS(=O)(=O)CC(=O)CNC(=O)c1c(O)c2ccccc2n(OCc2ccccc2)c1=O. The molecule has 2 aromatic carbocycles. The zero-order valence-electron chi connectivity index (χ0n) is 16.6. The number of rotatable bonds is 8. The highest BCUT2D eigenvalue weighted by Crippen LogP contribution is 2.25. The van der Waals surface area contributed by atoms with Crippen molar-refractivity contribution in [3.63, 3.8) is 0 Å². The highest BCUT2D eigenvalue weighted by Gasteiger charge is 2.24. The van der Waals surface area contributed by atoms with Crippen LogP contribution in [0.15, 0.2) is 59.4 Å². The van der Waals surface area contributed by atoms with Crippen molar-refractivity contribution in [2.24, 2.45) is 0 Å². The first kappa shape index (κ1) is 22.0. The van der Waals surface area contributed by atoms with Gasteiger partial charge in [0, 0.05) is 11.6 Å². The van der Waals surface area contributed by atoms with Crippen LogP contribution < -0.4 is 15.7 Å². The number of carbonyl (C=O) groups is 2. The van der Waals surface area contributed by atoms with Crippen molar-refractivity contribution in [1.29, 1.82) is 0 Å². The fraction of sp³-hybridized carbons (Fsp3) is 0.190. The minimum Gasteiger partial charge on any atom is -0.506 e. The molecule has 3 rings (SSSR count). The van der Waals surface area contributed by atoms with Gasteiger partial charge in [0.25, 0.3) is 11.5 Å². The molecule has 1 amide bonds. The number of hydrogen-bond donors (Lipinski definition) is 2. The molecular formula is C21H20N2O7S. The van der Waals surface area contributed by atoms with Crippen LogP contribution in [0.3, 0.4) is 0 Å². The summed E-state index contributed by atoms with van der Waals surface area (Å²) in [6, 6.07) is 15.4. The minimum absolute atomic E-state index is 0.0312. The second kappa shape index (κ2) is 9.00. The Morgan fingerprint density at radius 2 is 1.71 bits per heavy atom. The van der Waals surface area contributed by atoms with E-state index in [4.69, 9.17) is 4.84 Å². The van der Waals surface area contributed by atoms with Gasteiger partial charge < -0.3 is 15.3 Å². The average molecular weight is 444 g/mol. The lowest BCUT2D eigenvalue weighted by molar-refractivity contribution is -0.115. The van der Waals surface area contributed by atoms with Crippen molar-refractivity contribution in [2.75, 3.05) is 18.6 Å². The van der Waals surface area contributed by atoms with E-state index in [0.717, 1.165) is 16.5 Å². The molecule has 3 aromatic rings. The van der Waals surface area contributed by atoms with Gasteiger partial charge >= 0.3 is 0 Å². The van der Waals surface area contributed by atoms with E-state index < -0.39 is 50.7 Å². The molecule has 0 aliphatic rings. The molecule has 1 aromatic heterocycles. The van der Waals surface area contributed by atoms with E-state index in [0.29, 0.717) is 0 Å². The summed E-state index contributed by atoms with van der Waals surface area (Å²) in [7, 11) is -3.56. The Bertz CT molecular complexity index is 1300. The first-order chi connectivity index (χ1) is 14.7. The number of pyridine rings is 1. The Morgan fingerprint density at radius 1 is 1.06 bits per heavy atom. The lowest BCUT2D eigenvalue weighted by Gasteiger charge is -2.15. The minimum atomic E-state index is -3.56. The number of para-hydroxylation sites is 1. The van der Waals surface area contributed by atoms with E-state index >= 15 is 0 Å². The third-order valence-corrected chi connectivity index (χ3v) is 5.16. The van der Waals surface area contributed by atoms with Gasteiger partial charge in [-0.15, -0.1) is 4.73 Å². The molecule has 10 heteroatoms. The van der Waals surface area contributed by atoms with Gasteiger partial charge in [0.15, 0.2) is 15.6 Å². The monoisotopic (exact) mass is 444 g/mol. The number of fused-ring (bicyclic) bond motifs is 1. The number of sulfone groups is 1. The number of carbonyl (C=O) groups excluding carboxylic acids is 2. The van der Waals surface area contributed by atoms with Gasteiger partial charge in [-0.1, -0.05) is 42.5 Å². The van der Waals surface area contributed by atoms with Crippen LogP contribution in [0.4, 0.5) is 0 Å². The molecule has 9 nitrogen and oxygen atoms in total. The standard InChI is InChI=1S/C21H20N2O7S/c1-31(28,29)13-15(24)11-22-20(26)18-19(25)16-9-5-6-10-17(16)23(21(18)27)30-12-14-7-3-2-4-8-14/h2-10,25H,11-13H2,1H3,(H,22,26). The topological polar surface area (TPSA) is 132 Å². The summed E-state index contributed by atoms with van der Waals surface area (Å²) in [5, 5.41) is 12.9. The summed E-state index contributed by atoms with van der Waals surface area (Å²) in [4.78, 5) is 42.9. The Balaban J connectivity index is 1.95. The number of ketones is 1. The molecule has 0 unspecified atom stereocenters. The number of nitrogens with one attached hydrogen (secondary N) is 1. The smallest absolute Gasteiger partial charge is 0.300 e. The van der Waals surface area contributed by atoms with E-state index in [1.54, 1.807) is 30.3 Å². The molecule has 0 aliphatic heterocycles. The fourth-order valence-electron chi connectivity index (χ4n) is 2.95. The molecule has 31 heavy (non-hydrogen) atoms. The summed E-state index contributed by atoms with van der Waals surface area (Å²) in [6.07, 6.45) is 0.893. The van der Waals surface area contributed by atoms with Gasteiger partial charge in [-0.25, -0.2) is 8.42 Å². The van der Waals surface area contributed by atoms with Gasteiger partial charge in [0.05, 0.1) is 12.1 Å². The van der Waals surface area contributed by atoms with Crippen LogP contribution in [0.2, 0.25) is 0 Å². The number of hydrogen-bond acceptors (Lipinski definition) is 7. The number of amides is 1. The van der Waals surface area contributed by atoms with E-state index in [1.165, 1.54) is 6.07 Å². The van der Waals surface area contributed by atoms with E-state index in [-0.39, 0.29) is 17.5 Å². The zero-order valence-corrected chi connectivity index (χ0v) is 17.4. The maximum atomic E-state index is 13.0. The third kappa shape index (κ3) is 5.28. The molecule has 0 aliphatic carbocycles. The lowest BCUT2D eigenvalue weighted by Crippen LogP contribution is -2.38. The molecule has 2 N–H and O–H groups in total. The van der Waals surface area contributed by atoms with Crippen LogP contribution in [-0.2, 0) is 21.2 Å². The maximum Gasteiger partial charge on any atom is 0.300 e. The van der Waals surface area contributed by atoms with Crippen molar-refractivity contribution in [3.8, 4) is 5.75 Å². The van der Waals surface area contributed by atoms with Crippen molar-refractivity contribution in [3.05, 3.63) is 76.1 Å². The molecule has 0 bridgehead atoms. The average Bonchev–Trinajstić information content (AvgIpc) is 2.72. The Morgan fingerprint density at radius 3 is 2.39 bits per heavy atom. The number of nitrogens with zero attached hydrogens (tertiary/aromatic N) is 1. The summed E-state index contributed by atoms with van der Waals surface area (Å²) in [6.45, 7) is -0.577. The molecule has 0 saturated heterocycles. The predicted octanol–water partition coefficient (Wildman–Crippen LogP) is 0.679. The number of Topliss-reactive ketones (excluding diaryl/α,β-unsaturated/α-hetero) is 1. The van der Waals surface area contributed by atoms with Crippen LogP contribution in [0.1, 0.15) is 15.9 Å². The largest absolute Gasteiger partial charge is 0.506 e. The molecule has 0 atom stereocenters. The molecule has 0 spiro atoms. The van der Waals surface area contributed by atoms with Crippen molar-refractivity contribution < 1.29 is 28.0 Å². The van der Waals surface area contributed by atoms with E-state index in [2.05, 4.69) is 5.32 Å². The summed E-state index contributed by atoms with van der Waals surface area (Å²) in [5.41, 5.74) is -0.492. The van der Waals surface area contributed by atoms with Crippen LogP contribution in [0.5, 0.6) is 5.75 Å². The van der Waals surface area contributed by atoms with Gasteiger partial charge in [-0.2, -0.15) is 0 Å². The normalized spacial score (nSPS) is 11.3. The third-order valence-electron chi connectivity index (χ3n) is 4.31. The molecule has 162 valence electrons. The first-order valence-electron chi connectivity index (χ1n) is 9.19. The van der Waals surface area contributed by atoms with Crippen molar-refractivity contribution >= 4 is 32.4 Å². The van der Waals surface area contributed by atoms with Gasteiger partial charge in [0.1, 0.15) is 23.7 Å². The molecule has 1 heterocycles. The van der Waals surface area contributed by atoms with Crippen molar-refractivity contribution in [2.45, 2.75) is 6.61 Å².